The maximum atomic E-state index is 12.5. The number of benzene rings is 2. The fraction of sp³-hybridized carbons (Fsp3) is 0. The summed E-state index contributed by atoms with van der Waals surface area (Å²) in [5, 5.41) is 13.9. The van der Waals surface area contributed by atoms with Crippen molar-refractivity contribution in [2.45, 2.75) is 4.90 Å². The molecule has 0 unspecified atom stereocenters. The first-order chi connectivity index (χ1) is 12.4. The summed E-state index contributed by atoms with van der Waals surface area (Å²) in [4.78, 5) is 23.4. The molecular weight excluding hydrogens is 362 g/mol. The molecule has 0 radical (unpaired) electrons. The third kappa shape index (κ3) is 3.59. The third-order valence-corrected chi connectivity index (χ3v) is 4.77. The zero-order valence-corrected chi connectivity index (χ0v) is 13.9. The summed E-state index contributed by atoms with van der Waals surface area (Å²) in [5.41, 5.74) is -0.833. The molecule has 0 atom stereocenters. The number of carbonyl (C=O) groups excluding carboxylic acids is 1. The number of hydrogen-bond acceptors (Lipinski definition) is 6. The number of carbonyl (C=O) groups is 1. The van der Waals surface area contributed by atoms with Gasteiger partial charge in [0.05, 0.1) is 22.5 Å². The van der Waals surface area contributed by atoms with Crippen molar-refractivity contribution in [1.82, 2.24) is 5.16 Å². The molecule has 10 heteroatoms. The molecule has 0 saturated carbocycles. The van der Waals surface area contributed by atoms with Crippen molar-refractivity contribution in [3.8, 4) is 5.75 Å². The van der Waals surface area contributed by atoms with Gasteiger partial charge in [-0.15, -0.1) is 0 Å². The molecule has 134 valence electrons. The van der Waals surface area contributed by atoms with Crippen LogP contribution >= 0.6 is 0 Å². The van der Waals surface area contributed by atoms with E-state index in [0.717, 1.165) is 6.20 Å². The smallest absolute Gasteiger partial charge is 0.369 e. The van der Waals surface area contributed by atoms with Gasteiger partial charge < -0.3 is 14.9 Å². The molecule has 0 bridgehead atoms. The molecule has 4 N–H and O–H groups in total. The van der Waals surface area contributed by atoms with E-state index in [1.807, 2.05) is 0 Å². The van der Waals surface area contributed by atoms with Crippen molar-refractivity contribution >= 4 is 27.3 Å². The second-order valence-corrected chi connectivity index (χ2v) is 6.85. The van der Waals surface area contributed by atoms with E-state index >= 15 is 0 Å². The number of amides is 1. The monoisotopic (exact) mass is 375 g/mol. The predicted molar refractivity (Wildman–Crippen MR) is 92.6 cm³/mol. The van der Waals surface area contributed by atoms with Crippen molar-refractivity contribution < 1.29 is 22.8 Å². The van der Waals surface area contributed by atoms with Crippen LogP contribution in [0.3, 0.4) is 0 Å². The van der Waals surface area contributed by atoms with Gasteiger partial charge in [-0.25, -0.2) is 18.4 Å². The van der Waals surface area contributed by atoms with Gasteiger partial charge >= 0.3 is 5.63 Å². The lowest BCUT2D eigenvalue weighted by Gasteiger charge is -2.13. The van der Waals surface area contributed by atoms with Crippen LogP contribution in [-0.2, 0) is 10.0 Å². The molecule has 3 aromatic rings. The number of phenolic OH excluding ortho intramolecular Hbond substituents is 1. The van der Waals surface area contributed by atoms with Crippen LogP contribution < -0.4 is 15.7 Å². The normalized spacial score (nSPS) is 11.1. The maximum absolute atomic E-state index is 12.5. The Labute approximate surface area is 147 Å². The van der Waals surface area contributed by atoms with Crippen LogP contribution in [0.5, 0.6) is 5.75 Å². The SMILES string of the molecule is O=C(Nc1ccccc1NS(=O)(=O)c1ccc(O)cc1)c1c[nH]oc1=O. The van der Waals surface area contributed by atoms with Crippen LogP contribution in [0.2, 0.25) is 0 Å². The predicted octanol–water partition coefficient (Wildman–Crippen LogP) is 1.73. The summed E-state index contributed by atoms with van der Waals surface area (Å²) in [6.07, 6.45) is 1.10. The molecular formula is C16H13N3O6S. The van der Waals surface area contributed by atoms with E-state index in [9.17, 15) is 23.1 Å². The molecule has 0 fully saturated rings. The van der Waals surface area contributed by atoms with Crippen LogP contribution in [-0.4, -0.2) is 24.6 Å². The average molecular weight is 375 g/mol. The standard InChI is InChI=1S/C16H13N3O6S/c20-10-5-7-11(8-6-10)26(23,24)19-14-4-2-1-3-13(14)18-15(21)12-9-17-25-16(12)22/h1-9,17,19-20H,(H,18,21). The molecule has 3 rings (SSSR count). The van der Waals surface area contributed by atoms with Gasteiger partial charge in [0.2, 0.25) is 0 Å². The van der Waals surface area contributed by atoms with E-state index in [1.54, 1.807) is 12.1 Å². The average Bonchev–Trinajstić information content (AvgIpc) is 3.03. The highest BCUT2D eigenvalue weighted by Gasteiger charge is 2.18. The number of aromatic nitrogens is 1. The van der Waals surface area contributed by atoms with E-state index < -0.39 is 21.6 Å². The molecule has 0 aliphatic heterocycles. The minimum absolute atomic E-state index is 0.0669. The molecule has 1 amide bonds. The Morgan fingerprint density at radius 3 is 2.31 bits per heavy atom. The molecule has 1 aromatic heterocycles. The summed E-state index contributed by atoms with van der Waals surface area (Å²) >= 11 is 0. The van der Waals surface area contributed by atoms with Crippen molar-refractivity contribution in [1.29, 1.82) is 0 Å². The lowest BCUT2D eigenvalue weighted by molar-refractivity contribution is 0.102. The summed E-state index contributed by atoms with van der Waals surface area (Å²) in [7, 11) is -3.95. The van der Waals surface area contributed by atoms with Gasteiger partial charge in [0.25, 0.3) is 15.9 Å². The van der Waals surface area contributed by atoms with Gasteiger partial charge in [0.15, 0.2) is 0 Å². The minimum atomic E-state index is -3.95. The molecule has 0 spiro atoms. The van der Waals surface area contributed by atoms with Gasteiger partial charge in [-0.05, 0) is 36.4 Å². The molecule has 0 aliphatic carbocycles. The Hall–Kier alpha value is -3.53. The van der Waals surface area contributed by atoms with Crippen LogP contribution in [0.1, 0.15) is 10.4 Å². The number of H-pyrrole nitrogens is 1. The Bertz CT molecular complexity index is 1100. The fourth-order valence-electron chi connectivity index (χ4n) is 2.11. The number of rotatable bonds is 5. The summed E-state index contributed by atoms with van der Waals surface area (Å²) in [5.74, 6) is -0.821. The van der Waals surface area contributed by atoms with Gasteiger partial charge in [0.1, 0.15) is 11.3 Å². The van der Waals surface area contributed by atoms with Gasteiger partial charge in [-0.2, -0.15) is 0 Å². The number of sulfonamides is 1. The van der Waals surface area contributed by atoms with Crippen LogP contribution in [0.4, 0.5) is 11.4 Å². The van der Waals surface area contributed by atoms with E-state index in [4.69, 9.17) is 0 Å². The molecule has 26 heavy (non-hydrogen) atoms. The number of hydrogen-bond donors (Lipinski definition) is 4. The van der Waals surface area contributed by atoms with E-state index in [1.165, 1.54) is 36.4 Å². The molecule has 0 aliphatic rings. The third-order valence-electron chi connectivity index (χ3n) is 3.39. The van der Waals surface area contributed by atoms with Gasteiger partial charge in [-0.3, -0.25) is 9.52 Å². The summed E-state index contributed by atoms with van der Waals surface area (Å²) in [6.45, 7) is 0. The lowest BCUT2D eigenvalue weighted by atomic mass is 10.2. The number of anilines is 2. The highest BCUT2D eigenvalue weighted by Crippen LogP contribution is 2.25. The number of nitrogens with one attached hydrogen (secondary N) is 3. The molecule has 2 aromatic carbocycles. The van der Waals surface area contributed by atoms with Crippen molar-refractivity contribution in [3.63, 3.8) is 0 Å². The van der Waals surface area contributed by atoms with Gasteiger partial charge in [0, 0.05) is 0 Å². The summed E-state index contributed by atoms with van der Waals surface area (Å²) < 4.78 is 31.7. The van der Waals surface area contributed by atoms with Crippen LogP contribution in [0.15, 0.2) is 68.9 Å². The Morgan fingerprint density at radius 2 is 1.69 bits per heavy atom. The number of phenols is 1. The lowest BCUT2D eigenvalue weighted by Crippen LogP contribution is -2.20. The molecule has 9 nitrogen and oxygen atoms in total. The maximum Gasteiger partial charge on any atom is 0.369 e. The zero-order valence-electron chi connectivity index (χ0n) is 13.1. The van der Waals surface area contributed by atoms with E-state index in [-0.39, 0.29) is 27.6 Å². The molecule has 1 heterocycles. The Kier molecular flexibility index (Phi) is 4.50. The number of para-hydroxylation sites is 2. The van der Waals surface area contributed by atoms with Crippen LogP contribution in [0.25, 0.3) is 0 Å². The minimum Gasteiger partial charge on any atom is -0.508 e. The fourth-order valence-corrected chi connectivity index (χ4v) is 3.19. The number of aromatic amines is 1. The quantitative estimate of drug-likeness (QED) is 0.535. The second-order valence-electron chi connectivity index (χ2n) is 5.16. The van der Waals surface area contributed by atoms with Crippen molar-refractivity contribution in [2.75, 3.05) is 10.0 Å². The Morgan fingerprint density at radius 1 is 1.04 bits per heavy atom. The Balaban J connectivity index is 1.88. The second kappa shape index (κ2) is 6.76. The van der Waals surface area contributed by atoms with Crippen molar-refractivity contribution in [3.05, 3.63) is 70.7 Å². The topological polar surface area (TPSA) is 142 Å². The van der Waals surface area contributed by atoms with E-state index in [0.29, 0.717) is 0 Å². The largest absolute Gasteiger partial charge is 0.508 e. The highest BCUT2D eigenvalue weighted by molar-refractivity contribution is 7.92. The summed E-state index contributed by atoms with van der Waals surface area (Å²) in [6, 6.07) is 11.1. The first-order valence-electron chi connectivity index (χ1n) is 7.26. The van der Waals surface area contributed by atoms with Crippen LogP contribution in [0, 0.1) is 0 Å². The van der Waals surface area contributed by atoms with Gasteiger partial charge in [-0.1, -0.05) is 12.1 Å². The highest BCUT2D eigenvalue weighted by atomic mass is 32.2. The zero-order chi connectivity index (χ0) is 18.7. The van der Waals surface area contributed by atoms with Crippen molar-refractivity contribution in [2.24, 2.45) is 0 Å². The number of aromatic hydroxyl groups is 1. The molecule has 0 saturated heterocycles. The first kappa shape index (κ1) is 17.3. The van der Waals surface area contributed by atoms with E-state index in [2.05, 4.69) is 19.7 Å². The first-order valence-corrected chi connectivity index (χ1v) is 8.74.